The average molecular weight is 308 g/mol. The number of benzene rings is 2. The van der Waals surface area contributed by atoms with Crippen LogP contribution in [0, 0.1) is 0 Å². The van der Waals surface area contributed by atoms with Crippen molar-refractivity contribution in [2.45, 2.75) is 25.2 Å². The summed E-state index contributed by atoms with van der Waals surface area (Å²) in [5.74, 6) is 0.575. The smallest absolute Gasteiger partial charge is 0.147 e. The van der Waals surface area contributed by atoms with Crippen molar-refractivity contribution in [2.24, 2.45) is 0 Å². The largest absolute Gasteiger partial charge is 0.497 e. The van der Waals surface area contributed by atoms with Crippen LogP contribution in [0.2, 0.25) is 0 Å². The molecule has 1 saturated carbocycles. The van der Waals surface area contributed by atoms with E-state index in [9.17, 15) is 9.59 Å². The van der Waals surface area contributed by atoms with Gasteiger partial charge in [-0.3, -0.25) is 9.59 Å². The number of carbonyl (C=O) groups is 2. The molecule has 1 aliphatic rings. The van der Waals surface area contributed by atoms with Gasteiger partial charge >= 0.3 is 0 Å². The molecule has 1 atom stereocenters. The molecule has 116 valence electrons. The molecule has 4 rings (SSSR count). The van der Waals surface area contributed by atoms with Crippen LogP contribution < -0.4 is 4.74 Å². The molecule has 2 aromatic carbocycles. The molecule has 0 N–H and O–H groups in total. The van der Waals surface area contributed by atoms with Crippen molar-refractivity contribution < 1.29 is 18.7 Å². The second-order valence-corrected chi connectivity index (χ2v) is 5.99. The van der Waals surface area contributed by atoms with Gasteiger partial charge in [0.2, 0.25) is 0 Å². The maximum Gasteiger partial charge on any atom is 0.147 e. The number of ketones is 2. The van der Waals surface area contributed by atoms with Gasteiger partial charge in [-0.2, -0.15) is 0 Å². The fraction of sp³-hybridized carbons (Fsp3) is 0.263. The van der Waals surface area contributed by atoms with Gasteiger partial charge in [-0.15, -0.1) is 0 Å². The highest BCUT2D eigenvalue weighted by molar-refractivity contribution is 6.11. The standard InChI is InChI=1S/C19H16O4/c1-22-13-4-6-14-11(8-13)2-7-18-19(14)16(10-23-18)15-5-3-12(20)9-17(15)21/h2,4,6-8,10,15H,3,5,9H2,1H3/t15-/m1/s1. The first-order valence-corrected chi connectivity index (χ1v) is 7.69. The zero-order valence-corrected chi connectivity index (χ0v) is 12.8. The van der Waals surface area contributed by atoms with Crippen molar-refractivity contribution in [3.8, 4) is 5.75 Å². The van der Waals surface area contributed by atoms with E-state index >= 15 is 0 Å². The molecule has 4 nitrogen and oxygen atoms in total. The molecule has 0 bridgehead atoms. The third kappa shape index (κ3) is 2.22. The Morgan fingerprint density at radius 2 is 2.04 bits per heavy atom. The Morgan fingerprint density at radius 3 is 2.83 bits per heavy atom. The molecule has 1 aliphatic carbocycles. The Hall–Kier alpha value is -2.62. The van der Waals surface area contributed by atoms with E-state index in [-0.39, 0.29) is 23.9 Å². The lowest BCUT2D eigenvalue weighted by molar-refractivity contribution is -0.130. The zero-order valence-electron chi connectivity index (χ0n) is 12.8. The van der Waals surface area contributed by atoms with Gasteiger partial charge in [0.15, 0.2) is 0 Å². The molecule has 0 spiro atoms. The highest BCUT2D eigenvalue weighted by Crippen LogP contribution is 2.38. The number of rotatable bonds is 2. The number of hydrogen-bond donors (Lipinski definition) is 0. The minimum Gasteiger partial charge on any atom is -0.497 e. The number of ether oxygens (including phenoxy) is 1. The van der Waals surface area contributed by atoms with Gasteiger partial charge in [-0.1, -0.05) is 6.07 Å². The van der Waals surface area contributed by atoms with Gasteiger partial charge in [-0.25, -0.2) is 0 Å². The Kier molecular flexibility index (Phi) is 3.18. The molecule has 3 aromatic rings. The summed E-state index contributed by atoms with van der Waals surface area (Å²) in [4.78, 5) is 23.8. The van der Waals surface area contributed by atoms with Gasteiger partial charge in [0.25, 0.3) is 0 Å². The monoisotopic (exact) mass is 308 g/mol. The van der Waals surface area contributed by atoms with Gasteiger partial charge in [0.1, 0.15) is 22.9 Å². The van der Waals surface area contributed by atoms with Crippen molar-refractivity contribution in [1.29, 1.82) is 0 Å². The van der Waals surface area contributed by atoms with Gasteiger partial charge in [0.05, 0.1) is 19.8 Å². The fourth-order valence-corrected chi connectivity index (χ4v) is 3.45. The van der Waals surface area contributed by atoms with E-state index in [2.05, 4.69) is 0 Å². The first-order valence-electron chi connectivity index (χ1n) is 7.69. The van der Waals surface area contributed by atoms with E-state index < -0.39 is 0 Å². The van der Waals surface area contributed by atoms with E-state index in [0.717, 1.165) is 33.1 Å². The molecule has 0 amide bonds. The second kappa shape index (κ2) is 5.23. The summed E-state index contributed by atoms with van der Waals surface area (Å²) in [5.41, 5.74) is 1.66. The quantitative estimate of drug-likeness (QED) is 0.671. The Morgan fingerprint density at radius 1 is 1.17 bits per heavy atom. The lowest BCUT2D eigenvalue weighted by atomic mass is 9.81. The van der Waals surface area contributed by atoms with Crippen LogP contribution in [0.25, 0.3) is 21.7 Å². The summed E-state index contributed by atoms with van der Waals surface area (Å²) >= 11 is 0. The highest BCUT2D eigenvalue weighted by Gasteiger charge is 2.31. The number of furan rings is 1. The predicted molar refractivity (Wildman–Crippen MR) is 86.9 cm³/mol. The zero-order chi connectivity index (χ0) is 16.0. The van der Waals surface area contributed by atoms with Crippen LogP contribution in [0.5, 0.6) is 5.75 Å². The second-order valence-electron chi connectivity index (χ2n) is 5.99. The van der Waals surface area contributed by atoms with E-state index in [1.807, 2.05) is 30.3 Å². The van der Waals surface area contributed by atoms with E-state index in [1.165, 1.54) is 0 Å². The van der Waals surface area contributed by atoms with Gasteiger partial charge < -0.3 is 9.15 Å². The van der Waals surface area contributed by atoms with E-state index in [4.69, 9.17) is 9.15 Å². The number of Topliss-reactive ketones (excluding diaryl/α,β-unsaturated/α-hetero) is 2. The SMILES string of the molecule is COc1ccc2c(ccc3occ([C@H]4CCC(=O)CC4=O)c32)c1. The van der Waals surface area contributed by atoms with Crippen molar-refractivity contribution in [3.63, 3.8) is 0 Å². The lowest BCUT2D eigenvalue weighted by Gasteiger charge is -2.19. The molecule has 0 unspecified atom stereocenters. The topological polar surface area (TPSA) is 56.5 Å². The molecule has 23 heavy (non-hydrogen) atoms. The number of fused-ring (bicyclic) bond motifs is 3. The molecule has 0 radical (unpaired) electrons. The summed E-state index contributed by atoms with van der Waals surface area (Å²) in [5, 5.41) is 3.05. The molecular formula is C19H16O4. The molecule has 0 aliphatic heterocycles. The van der Waals surface area contributed by atoms with Crippen LogP contribution in [0.1, 0.15) is 30.7 Å². The average Bonchev–Trinajstić information content (AvgIpc) is 2.98. The number of methoxy groups -OCH3 is 1. The van der Waals surface area contributed by atoms with Crippen LogP contribution in [0.15, 0.2) is 41.0 Å². The molecule has 0 saturated heterocycles. The molecule has 1 aromatic heterocycles. The summed E-state index contributed by atoms with van der Waals surface area (Å²) in [6.45, 7) is 0. The van der Waals surface area contributed by atoms with Crippen LogP contribution in [0.3, 0.4) is 0 Å². The normalized spacial score (nSPS) is 18.7. The fourth-order valence-electron chi connectivity index (χ4n) is 3.45. The first kappa shape index (κ1) is 14.0. The summed E-state index contributed by atoms with van der Waals surface area (Å²) < 4.78 is 10.9. The van der Waals surface area contributed by atoms with Gasteiger partial charge in [0, 0.05) is 23.3 Å². The van der Waals surface area contributed by atoms with E-state index in [0.29, 0.717) is 12.8 Å². The van der Waals surface area contributed by atoms with Crippen LogP contribution in [-0.2, 0) is 9.59 Å². The summed E-state index contributed by atoms with van der Waals surface area (Å²) in [6, 6.07) is 9.77. The maximum atomic E-state index is 12.3. The minimum absolute atomic E-state index is 0.00513. The van der Waals surface area contributed by atoms with Crippen molar-refractivity contribution in [1.82, 2.24) is 0 Å². The summed E-state index contributed by atoms with van der Waals surface area (Å²) in [7, 11) is 1.64. The Balaban J connectivity index is 1.92. The van der Waals surface area contributed by atoms with E-state index in [1.54, 1.807) is 13.4 Å². The Labute approximate surface area is 133 Å². The number of carbonyl (C=O) groups excluding carboxylic acids is 2. The van der Waals surface area contributed by atoms with Crippen molar-refractivity contribution >= 4 is 33.3 Å². The van der Waals surface area contributed by atoms with Crippen LogP contribution in [0.4, 0.5) is 0 Å². The molecule has 4 heteroatoms. The summed E-state index contributed by atoms with van der Waals surface area (Å²) in [6.07, 6.45) is 2.74. The van der Waals surface area contributed by atoms with Crippen molar-refractivity contribution in [3.05, 3.63) is 42.2 Å². The maximum absolute atomic E-state index is 12.3. The van der Waals surface area contributed by atoms with Crippen molar-refractivity contribution in [2.75, 3.05) is 7.11 Å². The predicted octanol–water partition coefficient (Wildman–Crippen LogP) is 4.00. The molecule has 1 heterocycles. The lowest BCUT2D eigenvalue weighted by Crippen LogP contribution is -2.22. The minimum atomic E-state index is -0.248. The van der Waals surface area contributed by atoms with Crippen LogP contribution >= 0.6 is 0 Å². The molecule has 1 fully saturated rings. The number of hydrogen-bond acceptors (Lipinski definition) is 4. The third-order valence-electron chi connectivity index (χ3n) is 4.64. The van der Waals surface area contributed by atoms with Crippen LogP contribution in [-0.4, -0.2) is 18.7 Å². The van der Waals surface area contributed by atoms with Gasteiger partial charge in [-0.05, 0) is 41.5 Å². The highest BCUT2D eigenvalue weighted by atomic mass is 16.5. The molecular weight excluding hydrogens is 292 g/mol. The third-order valence-corrected chi connectivity index (χ3v) is 4.64. The first-order chi connectivity index (χ1) is 11.2. The Bertz CT molecular complexity index is 935.